The Hall–Kier alpha value is -0.850. The molecule has 0 atom stereocenters. The van der Waals surface area contributed by atoms with Gasteiger partial charge in [0.1, 0.15) is 0 Å². The fourth-order valence-corrected chi connectivity index (χ4v) is 0.824. The molecule has 1 heteroatoms. The summed E-state index contributed by atoms with van der Waals surface area (Å²) < 4.78 is 0. The van der Waals surface area contributed by atoms with Crippen molar-refractivity contribution < 1.29 is 0 Å². The molecule has 0 aliphatic heterocycles. The van der Waals surface area contributed by atoms with Crippen molar-refractivity contribution in [1.82, 2.24) is 4.98 Å². The van der Waals surface area contributed by atoms with Gasteiger partial charge < -0.3 is 0 Å². The third-order valence-corrected chi connectivity index (χ3v) is 1.37. The fourth-order valence-electron chi connectivity index (χ4n) is 0.824. The Morgan fingerprint density at radius 1 is 1.36 bits per heavy atom. The van der Waals surface area contributed by atoms with Crippen molar-refractivity contribution in [3.8, 4) is 0 Å². The predicted molar refractivity (Wildman–Crippen MR) is 49.7 cm³/mol. The molecule has 0 radical (unpaired) electrons. The highest BCUT2D eigenvalue weighted by molar-refractivity contribution is 5.14. The Morgan fingerprint density at radius 3 is 2.36 bits per heavy atom. The van der Waals surface area contributed by atoms with Gasteiger partial charge in [-0.05, 0) is 31.0 Å². The first-order chi connectivity index (χ1) is 5.33. The highest BCUT2D eigenvalue weighted by Gasteiger charge is 1.86. The molecule has 0 saturated carbocycles. The van der Waals surface area contributed by atoms with E-state index in [2.05, 4.69) is 18.0 Å². The molecule has 0 bridgehead atoms. The van der Waals surface area contributed by atoms with Gasteiger partial charge in [-0.15, -0.1) is 0 Å². The van der Waals surface area contributed by atoms with Crippen molar-refractivity contribution in [2.45, 2.75) is 34.1 Å². The summed E-state index contributed by atoms with van der Waals surface area (Å²) in [5.41, 5.74) is 2.47. The van der Waals surface area contributed by atoms with Crippen molar-refractivity contribution in [1.29, 1.82) is 0 Å². The molecular formula is C10H17N. The van der Waals surface area contributed by atoms with Gasteiger partial charge >= 0.3 is 0 Å². The van der Waals surface area contributed by atoms with Crippen molar-refractivity contribution in [2.24, 2.45) is 0 Å². The van der Waals surface area contributed by atoms with Gasteiger partial charge in [0.25, 0.3) is 0 Å². The summed E-state index contributed by atoms with van der Waals surface area (Å²) >= 11 is 0. The second-order valence-electron chi connectivity index (χ2n) is 2.16. The molecule has 62 valence electrons. The SMILES string of the molecule is CC.CCc1ccnc(C)c1. The normalized spacial score (nSPS) is 8.36. The number of aromatic nitrogens is 1. The minimum absolute atomic E-state index is 1.10. The first-order valence-electron chi connectivity index (χ1n) is 4.24. The first kappa shape index (κ1) is 10.2. The molecule has 0 aromatic carbocycles. The Labute approximate surface area is 69.5 Å². The van der Waals surface area contributed by atoms with Crippen LogP contribution < -0.4 is 0 Å². The lowest BCUT2D eigenvalue weighted by Crippen LogP contribution is -1.83. The standard InChI is InChI=1S/C8H11N.C2H6/c1-3-8-4-5-9-7(2)6-8;1-2/h4-6H,3H2,1-2H3;1-2H3. The molecule has 1 aromatic heterocycles. The molecule has 1 nitrogen and oxygen atoms in total. The molecule has 0 amide bonds. The lowest BCUT2D eigenvalue weighted by molar-refractivity contribution is 1.09. The summed E-state index contributed by atoms with van der Waals surface area (Å²) in [5.74, 6) is 0. The van der Waals surface area contributed by atoms with Crippen molar-refractivity contribution >= 4 is 0 Å². The van der Waals surface area contributed by atoms with Crippen molar-refractivity contribution in [3.63, 3.8) is 0 Å². The minimum atomic E-state index is 1.10. The number of hydrogen-bond acceptors (Lipinski definition) is 1. The molecule has 0 saturated heterocycles. The average molecular weight is 151 g/mol. The van der Waals surface area contributed by atoms with Crippen LogP contribution in [-0.2, 0) is 6.42 Å². The molecule has 0 spiro atoms. The molecule has 0 aliphatic carbocycles. The van der Waals surface area contributed by atoms with Gasteiger partial charge in [0.05, 0.1) is 0 Å². The smallest absolute Gasteiger partial charge is 0.0375 e. The molecule has 0 aliphatic rings. The van der Waals surface area contributed by atoms with Crippen LogP contribution in [-0.4, -0.2) is 4.98 Å². The van der Waals surface area contributed by atoms with Gasteiger partial charge in [0, 0.05) is 11.9 Å². The van der Waals surface area contributed by atoms with E-state index in [0.29, 0.717) is 0 Å². The van der Waals surface area contributed by atoms with Gasteiger partial charge in [0.15, 0.2) is 0 Å². The Balaban J connectivity index is 0.000000461. The van der Waals surface area contributed by atoms with E-state index >= 15 is 0 Å². The monoisotopic (exact) mass is 151 g/mol. The summed E-state index contributed by atoms with van der Waals surface area (Å²) in [6, 6.07) is 4.16. The van der Waals surface area contributed by atoms with Crippen LogP contribution in [0.1, 0.15) is 32.0 Å². The molecule has 1 heterocycles. The fraction of sp³-hybridized carbons (Fsp3) is 0.500. The van der Waals surface area contributed by atoms with Gasteiger partial charge in [-0.2, -0.15) is 0 Å². The van der Waals surface area contributed by atoms with Crippen LogP contribution in [0.4, 0.5) is 0 Å². The maximum Gasteiger partial charge on any atom is 0.0375 e. The highest BCUT2D eigenvalue weighted by Crippen LogP contribution is 1.99. The topological polar surface area (TPSA) is 12.9 Å². The van der Waals surface area contributed by atoms with E-state index in [9.17, 15) is 0 Å². The molecule has 0 fully saturated rings. The summed E-state index contributed by atoms with van der Waals surface area (Å²) in [5, 5.41) is 0. The van der Waals surface area contributed by atoms with Gasteiger partial charge in [-0.25, -0.2) is 0 Å². The largest absolute Gasteiger partial charge is 0.262 e. The summed E-state index contributed by atoms with van der Waals surface area (Å²) in [4.78, 5) is 4.09. The lowest BCUT2D eigenvalue weighted by Gasteiger charge is -1.94. The second kappa shape index (κ2) is 5.90. The van der Waals surface area contributed by atoms with E-state index in [1.54, 1.807) is 0 Å². The lowest BCUT2D eigenvalue weighted by atomic mass is 10.2. The van der Waals surface area contributed by atoms with Gasteiger partial charge in [0.2, 0.25) is 0 Å². The van der Waals surface area contributed by atoms with Crippen LogP contribution in [0.2, 0.25) is 0 Å². The van der Waals surface area contributed by atoms with Crippen LogP contribution in [0.5, 0.6) is 0 Å². The van der Waals surface area contributed by atoms with E-state index in [1.165, 1.54) is 5.56 Å². The van der Waals surface area contributed by atoms with E-state index in [1.807, 2.05) is 33.0 Å². The Bertz CT molecular complexity index is 194. The minimum Gasteiger partial charge on any atom is -0.262 e. The third-order valence-electron chi connectivity index (χ3n) is 1.37. The van der Waals surface area contributed by atoms with Gasteiger partial charge in [-0.3, -0.25) is 4.98 Å². The quantitative estimate of drug-likeness (QED) is 0.601. The van der Waals surface area contributed by atoms with Crippen LogP contribution in [0.15, 0.2) is 18.3 Å². The van der Waals surface area contributed by atoms with E-state index in [0.717, 1.165) is 12.1 Å². The first-order valence-corrected chi connectivity index (χ1v) is 4.24. The van der Waals surface area contributed by atoms with Crippen molar-refractivity contribution in [2.75, 3.05) is 0 Å². The van der Waals surface area contributed by atoms with Crippen LogP contribution in [0.3, 0.4) is 0 Å². The van der Waals surface area contributed by atoms with Gasteiger partial charge in [-0.1, -0.05) is 20.8 Å². The Morgan fingerprint density at radius 2 is 2.00 bits per heavy atom. The van der Waals surface area contributed by atoms with E-state index in [-0.39, 0.29) is 0 Å². The van der Waals surface area contributed by atoms with Crippen LogP contribution in [0.25, 0.3) is 0 Å². The second-order valence-corrected chi connectivity index (χ2v) is 2.16. The average Bonchev–Trinajstić information content (AvgIpc) is 2.08. The zero-order valence-corrected chi connectivity index (χ0v) is 7.89. The van der Waals surface area contributed by atoms with E-state index in [4.69, 9.17) is 0 Å². The van der Waals surface area contributed by atoms with E-state index < -0.39 is 0 Å². The predicted octanol–water partition coefficient (Wildman–Crippen LogP) is 2.98. The summed E-state index contributed by atoms with van der Waals surface area (Å²) in [7, 11) is 0. The molecule has 1 aromatic rings. The number of nitrogens with zero attached hydrogens (tertiary/aromatic N) is 1. The highest BCUT2D eigenvalue weighted by atomic mass is 14.6. The zero-order chi connectivity index (χ0) is 8.69. The molecule has 11 heavy (non-hydrogen) atoms. The number of rotatable bonds is 1. The molecule has 0 N–H and O–H groups in total. The van der Waals surface area contributed by atoms with Crippen molar-refractivity contribution in [3.05, 3.63) is 29.6 Å². The summed E-state index contributed by atoms with van der Waals surface area (Å²) in [6.07, 6.45) is 2.96. The maximum atomic E-state index is 4.09. The number of pyridine rings is 1. The number of hydrogen-bond donors (Lipinski definition) is 0. The molecular weight excluding hydrogens is 134 g/mol. The van der Waals surface area contributed by atoms with Crippen LogP contribution in [0, 0.1) is 6.92 Å². The zero-order valence-electron chi connectivity index (χ0n) is 7.89. The Kier molecular flexibility index (Phi) is 5.44. The molecule has 0 unspecified atom stereocenters. The van der Waals surface area contributed by atoms with Crippen LogP contribution >= 0.6 is 0 Å². The third kappa shape index (κ3) is 3.76. The summed E-state index contributed by atoms with van der Waals surface area (Å²) in [6.45, 7) is 8.16. The molecule has 1 rings (SSSR count). The number of aryl methyl sites for hydroxylation is 2. The maximum absolute atomic E-state index is 4.09.